The molecule has 1 aliphatic rings. The normalized spacial score (nSPS) is 16.5. The second kappa shape index (κ2) is 7.45. The minimum atomic E-state index is -0.413. The first-order chi connectivity index (χ1) is 13.1. The summed E-state index contributed by atoms with van der Waals surface area (Å²) in [4.78, 5) is 27.5. The van der Waals surface area contributed by atoms with Crippen molar-refractivity contribution in [3.05, 3.63) is 59.1 Å². The lowest BCUT2D eigenvalue weighted by Gasteiger charge is -2.10. The van der Waals surface area contributed by atoms with Gasteiger partial charge in [-0.2, -0.15) is 0 Å². The number of halogens is 1. The summed E-state index contributed by atoms with van der Waals surface area (Å²) in [6, 6.07) is 15.4. The number of rotatable bonds is 5. The zero-order chi connectivity index (χ0) is 18.8. The van der Waals surface area contributed by atoms with Crippen LogP contribution in [0, 0.1) is 0 Å². The van der Waals surface area contributed by atoms with Crippen LogP contribution >= 0.6 is 11.6 Å². The Kier molecular flexibility index (Phi) is 4.86. The Balaban J connectivity index is 1.60. The monoisotopic (exact) mass is 381 g/mol. The number of H-pyrrole nitrogens is 1. The molecule has 3 N–H and O–H groups in total. The van der Waals surface area contributed by atoms with E-state index in [1.807, 2.05) is 48.5 Å². The number of carbonyl (C=O) groups is 2. The van der Waals surface area contributed by atoms with Gasteiger partial charge in [0.15, 0.2) is 0 Å². The van der Waals surface area contributed by atoms with Crippen molar-refractivity contribution in [3.8, 4) is 11.3 Å². The average molecular weight is 382 g/mol. The van der Waals surface area contributed by atoms with Crippen molar-refractivity contribution in [2.45, 2.75) is 25.3 Å². The van der Waals surface area contributed by atoms with E-state index in [4.69, 9.17) is 11.6 Å². The predicted molar refractivity (Wildman–Crippen MR) is 107 cm³/mol. The third-order valence-corrected chi connectivity index (χ3v) is 5.15. The Morgan fingerprint density at radius 1 is 1.19 bits per heavy atom. The van der Waals surface area contributed by atoms with Gasteiger partial charge in [-0.05, 0) is 42.2 Å². The van der Waals surface area contributed by atoms with Crippen LogP contribution in [0.15, 0.2) is 48.5 Å². The predicted octanol–water partition coefficient (Wildman–Crippen LogP) is 3.43. The van der Waals surface area contributed by atoms with Gasteiger partial charge in [0.05, 0.1) is 0 Å². The highest BCUT2D eigenvalue weighted by molar-refractivity contribution is 6.31. The lowest BCUT2D eigenvalue weighted by molar-refractivity contribution is -0.127. The van der Waals surface area contributed by atoms with Gasteiger partial charge in [0.25, 0.3) is 0 Å². The number of amides is 2. The second-order valence-corrected chi connectivity index (χ2v) is 7.17. The number of fused-ring (bicyclic) bond motifs is 1. The summed E-state index contributed by atoms with van der Waals surface area (Å²) in [6.07, 6.45) is 1.51. The summed E-state index contributed by atoms with van der Waals surface area (Å²) < 4.78 is 0. The van der Waals surface area contributed by atoms with E-state index < -0.39 is 6.04 Å². The molecule has 0 aliphatic carbocycles. The molecule has 1 saturated heterocycles. The minimum absolute atomic E-state index is 0.104. The molecular weight excluding hydrogens is 362 g/mol. The summed E-state index contributed by atoms with van der Waals surface area (Å²) >= 11 is 6.20. The standard InChI is InChI=1S/C21H20ClN3O2/c22-14-6-8-17-16(12-14)15(20(25-17)13-4-2-1-3-5-13)7-9-19(26)24-18-10-11-23-21(18)27/h1-6,8,12,18,25H,7,9-11H2,(H,23,27)(H,24,26). The van der Waals surface area contributed by atoms with Crippen molar-refractivity contribution in [3.63, 3.8) is 0 Å². The van der Waals surface area contributed by atoms with Crippen LogP contribution in [0.4, 0.5) is 0 Å². The van der Waals surface area contributed by atoms with Gasteiger partial charge >= 0.3 is 0 Å². The van der Waals surface area contributed by atoms with E-state index in [1.165, 1.54) is 0 Å². The third kappa shape index (κ3) is 3.69. The average Bonchev–Trinajstić information content (AvgIpc) is 3.24. The molecule has 1 atom stereocenters. The van der Waals surface area contributed by atoms with Crippen LogP contribution in [-0.2, 0) is 16.0 Å². The SMILES string of the molecule is O=C(CCc1c(-c2ccccc2)[nH]c2ccc(Cl)cc12)NC1CCNC1=O. The Hall–Kier alpha value is -2.79. The minimum Gasteiger partial charge on any atom is -0.354 e. The fourth-order valence-corrected chi connectivity index (χ4v) is 3.74. The van der Waals surface area contributed by atoms with E-state index in [0.29, 0.717) is 30.8 Å². The molecule has 0 saturated carbocycles. The number of aryl methyl sites for hydroxylation is 1. The molecule has 0 spiro atoms. The van der Waals surface area contributed by atoms with Crippen LogP contribution in [0.1, 0.15) is 18.4 Å². The summed E-state index contributed by atoms with van der Waals surface area (Å²) in [7, 11) is 0. The molecule has 6 heteroatoms. The Bertz CT molecular complexity index is 997. The van der Waals surface area contributed by atoms with Crippen LogP contribution in [0.25, 0.3) is 22.2 Å². The molecule has 0 radical (unpaired) electrons. The van der Waals surface area contributed by atoms with E-state index in [2.05, 4.69) is 15.6 Å². The third-order valence-electron chi connectivity index (χ3n) is 4.92. The molecule has 5 nitrogen and oxygen atoms in total. The molecule has 2 aromatic carbocycles. The fourth-order valence-electron chi connectivity index (χ4n) is 3.57. The summed E-state index contributed by atoms with van der Waals surface area (Å²) in [5.41, 5.74) is 4.11. The molecule has 138 valence electrons. The molecule has 0 bridgehead atoms. The first-order valence-corrected chi connectivity index (χ1v) is 9.42. The largest absolute Gasteiger partial charge is 0.354 e. The Morgan fingerprint density at radius 2 is 2.00 bits per heavy atom. The van der Waals surface area contributed by atoms with E-state index >= 15 is 0 Å². The van der Waals surface area contributed by atoms with Gasteiger partial charge in [0.2, 0.25) is 11.8 Å². The van der Waals surface area contributed by atoms with Gasteiger partial charge in [-0.1, -0.05) is 41.9 Å². The number of hydrogen-bond acceptors (Lipinski definition) is 2. The number of carbonyl (C=O) groups excluding carboxylic acids is 2. The van der Waals surface area contributed by atoms with E-state index in [9.17, 15) is 9.59 Å². The maximum Gasteiger partial charge on any atom is 0.242 e. The molecule has 1 aliphatic heterocycles. The molecule has 4 rings (SSSR count). The lowest BCUT2D eigenvalue weighted by atomic mass is 10.0. The van der Waals surface area contributed by atoms with Gasteiger partial charge in [-0.15, -0.1) is 0 Å². The maximum absolute atomic E-state index is 12.4. The fraction of sp³-hybridized carbons (Fsp3) is 0.238. The van der Waals surface area contributed by atoms with Crippen molar-refractivity contribution in [2.75, 3.05) is 6.54 Å². The molecule has 3 aromatic rings. The van der Waals surface area contributed by atoms with E-state index in [1.54, 1.807) is 0 Å². The maximum atomic E-state index is 12.4. The Morgan fingerprint density at radius 3 is 2.74 bits per heavy atom. The summed E-state index contributed by atoms with van der Waals surface area (Å²) in [5.74, 6) is -0.223. The smallest absolute Gasteiger partial charge is 0.242 e. The topological polar surface area (TPSA) is 74.0 Å². The first kappa shape index (κ1) is 17.6. The number of aromatic amines is 1. The number of nitrogens with one attached hydrogen (secondary N) is 3. The Labute approximate surface area is 162 Å². The van der Waals surface area contributed by atoms with Crippen molar-refractivity contribution in [2.24, 2.45) is 0 Å². The van der Waals surface area contributed by atoms with Crippen LogP contribution in [-0.4, -0.2) is 29.4 Å². The van der Waals surface area contributed by atoms with Crippen molar-refractivity contribution < 1.29 is 9.59 Å². The highest BCUT2D eigenvalue weighted by Crippen LogP contribution is 2.32. The van der Waals surface area contributed by atoms with Gasteiger partial charge in [-0.25, -0.2) is 0 Å². The number of benzene rings is 2. The van der Waals surface area contributed by atoms with Crippen LogP contribution in [0.3, 0.4) is 0 Å². The van der Waals surface area contributed by atoms with E-state index in [0.717, 1.165) is 27.7 Å². The van der Waals surface area contributed by atoms with Crippen molar-refractivity contribution in [1.82, 2.24) is 15.6 Å². The lowest BCUT2D eigenvalue weighted by Crippen LogP contribution is -2.40. The number of hydrogen-bond donors (Lipinski definition) is 3. The molecule has 1 unspecified atom stereocenters. The van der Waals surface area contributed by atoms with Gasteiger partial charge < -0.3 is 15.6 Å². The molecule has 1 fully saturated rings. The molecule has 2 amide bonds. The van der Waals surface area contributed by atoms with Crippen molar-refractivity contribution >= 4 is 34.3 Å². The van der Waals surface area contributed by atoms with Crippen LogP contribution < -0.4 is 10.6 Å². The van der Waals surface area contributed by atoms with Gasteiger partial charge in [-0.3, -0.25) is 9.59 Å². The van der Waals surface area contributed by atoms with Gasteiger partial charge in [0.1, 0.15) is 6.04 Å². The molecule has 1 aromatic heterocycles. The number of aromatic nitrogens is 1. The van der Waals surface area contributed by atoms with Crippen molar-refractivity contribution in [1.29, 1.82) is 0 Å². The highest BCUT2D eigenvalue weighted by atomic mass is 35.5. The van der Waals surface area contributed by atoms with Gasteiger partial charge in [0, 0.05) is 34.6 Å². The zero-order valence-corrected chi connectivity index (χ0v) is 15.5. The summed E-state index contributed by atoms with van der Waals surface area (Å²) in [5, 5.41) is 7.24. The highest BCUT2D eigenvalue weighted by Gasteiger charge is 2.25. The quantitative estimate of drug-likeness (QED) is 0.633. The first-order valence-electron chi connectivity index (χ1n) is 9.04. The summed E-state index contributed by atoms with van der Waals surface area (Å²) in [6.45, 7) is 0.614. The molecule has 27 heavy (non-hydrogen) atoms. The molecule has 2 heterocycles. The second-order valence-electron chi connectivity index (χ2n) is 6.73. The molecular formula is C21H20ClN3O2. The zero-order valence-electron chi connectivity index (χ0n) is 14.7. The van der Waals surface area contributed by atoms with E-state index in [-0.39, 0.29) is 11.8 Å². The van der Waals surface area contributed by atoms with Crippen LogP contribution in [0.2, 0.25) is 5.02 Å². The van der Waals surface area contributed by atoms with Crippen LogP contribution in [0.5, 0.6) is 0 Å².